The highest BCUT2D eigenvalue weighted by Gasteiger charge is 2.13. The summed E-state index contributed by atoms with van der Waals surface area (Å²) in [6.45, 7) is 2.83. The molecule has 1 aromatic carbocycles. The van der Waals surface area contributed by atoms with Gasteiger partial charge in [0.05, 0.1) is 11.5 Å². The molecule has 0 fully saturated rings. The van der Waals surface area contributed by atoms with Crippen molar-refractivity contribution in [1.29, 1.82) is 0 Å². The zero-order valence-electron chi connectivity index (χ0n) is 12.6. The van der Waals surface area contributed by atoms with Gasteiger partial charge < -0.3 is 15.4 Å². The van der Waals surface area contributed by atoms with E-state index in [9.17, 15) is 8.42 Å². The van der Waals surface area contributed by atoms with Crippen molar-refractivity contribution in [1.82, 2.24) is 15.4 Å². The van der Waals surface area contributed by atoms with Gasteiger partial charge >= 0.3 is 0 Å². The second-order valence-corrected chi connectivity index (χ2v) is 6.67. The van der Waals surface area contributed by atoms with Crippen LogP contribution in [0.25, 0.3) is 0 Å². The van der Waals surface area contributed by atoms with E-state index in [2.05, 4.69) is 20.3 Å². The maximum Gasteiger partial charge on any atom is 0.240 e. The van der Waals surface area contributed by atoms with Crippen LogP contribution in [0.1, 0.15) is 12.0 Å². The number of benzene rings is 1. The van der Waals surface area contributed by atoms with Crippen LogP contribution in [0.3, 0.4) is 0 Å². The summed E-state index contributed by atoms with van der Waals surface area (Å²) in [4.78, 5) is 4.57. The van der Waals surface area contributed by atoms with Crippen LogP contribution in [0.5, 0.6) is 0 Å². The topological polar surface area (TPSA) is 91.8 Å². The average Bonchev–Trinajstić information content (AvgIpc) is 2.54. The van der Waals surface area contributed by atoms with Crippen LogP contribution in [0, 0.1) is 0 Å². The minimum absolute atomic E-state index is 0.251. The zero-order chi connectivity index (χ0) is 15.8. The van der Waals surface area contributed by atoms with E-state index in [1.54, 1.807) is 18.2 Å². The molecule has 1 aliphatic heterocycles. The summed E-state index contributed by atoms with van der Waals surface area (Å²) in [7, 11) is -1.97. The van der Waals surface area contributed by atoms with Crippen LogP contribution in [-0.4, -0.2) is 47.7 Å². The molecule has 0 saturated heterocycles. The lowest BCUT2D eigenvalue weighted by Crippen LogP contribution is -2.40. The Balaban J connectivity index is 1.98. The highest BCUT2D eigenvalue weighted by Crippen LogP contribution is 2.11. The standard InChI is InChI=1S/C14H22N4O3S/c1-21-9-8-18-22(19,20)13-5-2-4-12(10-13)11-17-14-15-6-3-7-16-14/h2,4-5,10,18H,3,6-9,11H2,1H3,(H2,15,16,17). The van der Waals surface area contributed by atoms with Gasteiger partial charge in [0, 0.05) is 33.3 Å². The van der Waals surface area contributed by atoms with Gasteiger partial charge in [0.15, 0.2) is 5.96 Å². The third-order valence-corrected chi connectivity index (χ3v) is 4.62. The fraction of sp³-hybridized carbons (Fsp3) is 0.500. The van der Waals surface area contributed by atoms with Crippen molar-refractivity contribution in [2.45, 2.75) is 17.9 Å². The molecule has 122 valence electrons. The van der Waals surface area contributed by atoms with Gasteiger partial charge in [0.25, 0.3) is 0 Å². The molecular formula is C14H22N4O3S. The molecular weight excluding hydrogens is 304 g/mol. The Morgan fingerprint density at radius 3 is 3.00 bits per heavy atom. The Morgan fingerprint density at radius 2 is 2.27 bits per heavy atom. The zero-order valence-corrected chi connectivity index (χ0v) is 13.4. The maximum atomic E-state index is 12.1. The van der Waals surface area contributed by atoms with E-state index in [0.29, 0.717) is 13.2 Å². The first-order chi connectivity index (χ1) is 10.6. The number of hydrogen-bond acceptors (Lipinski definition) is 6. The molecule has 0 aliphatic carbocycles. The summed E-state index contributed by atoms with van der Waals surface area (Å²) in [5.74, 6) is 0.762. The van der Waals surface area contributed by atoms with E-state index in [4.69, 9.17) is 4.74 Å². The molecule has 3 N–H and O–H groups in total. The van der Waals surface area contributed by atoms with E-state index < -0.39 is 10.0 Å². The quantitative estimate of drug-likeness (QED) is 0.616. The van der Waals surface area contributed by atoms with Crippen LogP contribution in [0.4, 0.5) is 0 Å². The number of methoxy groups -OCH3 is 1. The number of nitrogens with one attached hydrogen (secondary N) is 3. The maximum absolute atomic E-state index is 12.1. The minimum Gasteiger partial charge on any atom is -0.383 e. The number of hydrogen-bond donors (Lipinski definition) is 3. The monoisotopic (exact) mass is 326 g/mol. The molecule has 0 atom stereocenters. The molecule has 0 bridgehead atoms. The third kappa shape index (κ3) is 4.97. The summed E-state index contributed by atoms with van der Waals surface area (Å²) in [6, 6.07) is 6.85. The molecule has 0 unspecified atom stereocenters. The third-order valence-electron chi connectivity index (χ3n) is 3.16. The SMILES string of the molecule is COCCNS(=O)(=O)c1cccc(CNC2=NCCCN2)c1. The van der Waals surface area contributed by atoms with E-state index in [-0.39, 0.29) is 11.4 Å². The lowest BCUT2D eigenvalue weighted by molar-refractivity contribution is 0.204. The van der Waals surface area contributed by atoms with Gasteiger partial charge in [-0.25, -0.2) is 13.1 Å². The summed E-state index contributed by atoms with van der Waals surface area (Å²) in [5.41, 5.74) is 0.879. The largest absolute Gasteiger partial charge is 0.383 e. The van der Waals surface area contributed by atoms with Crippen molar-refractivity contribution in [3.8, 4) is 0 Å². The van der Waals surface area contributed by atoms with Crippen LogP contribution in [0.2, 0.25) is 0 Å². The molecule has 0 amide bonds. The molecule has 1 heterocycles. The molecule has 2 rings (SSSR count). The Labute approximate surface area is 131 Å². The molecule has 1 aromatic rings. The highest BCUT2D eigenvalue weighted by molar-refractivity contribution is 7.89. The molecule has 8 heteroatoms. The molecule has 7 nitrogen and oxygen atoms in total. The second kappa shape index (κ2) is 8.11. The normalized spacial score (nSPS) is 15.0. The number of nitrogens with zero attached hydrogens (tertiary/aromatic N) is 1. The molecule has 22 heavy (non-hydrogen) atoms. The number of sulfonamides is 1. The van der Waals surface area contributed by atoms with Gasteiger partial charge in [-0.3, -0.25) is 4.99 Å². The van der Waals surface area contributed by atoms with Gasteiger partial charge in [-0.15, -0.1) is 0 Å². The van der Waals surface area contributed by atoms with Crippen molar-refractivity contribution in [3.05, 3.63) is 29.8 Å². The summed E-state index contributed by atoms with van der Waals surface area (Å²) >= 11 is 0. The predicted molar refractivity (Wildman–Crippen MR) is 85.3 cm³/mol. The number of guanidine groups is 1. The summed E-state index contributed by atoms with van der Waals surface area (Å²) < 4.78 is 31.6. The first kappa shape index (κ1) is 16.7. The Hall–Kier alpha value is -1.64. The highest BCUT2D eigenvalue weighted by atomic mass is 32.2. The number of aliphatic imine (C=N–C) groups is 1. The van der Waals surface area contributed by atoms with Crippen molar-refractivity contribution >= 4 is 16.0 Å². The van der Waals surface area contributed by atoms with Gasteiger partial charge in [-0.2, -0.15) is 0 Å². The molecule has 1 aliphatic rings. The fourth-order valence-corrected chi connectivity index (χ4v) is 3.10. The van der Waals surface area contributed by atoms with E-state index in [1.165, 1.54) is 7.11 Å². The van der Waals surface area contributed by atoms with Gasteiger partial charge in [0.1, 0.15) is 0 Å². The van der Waals surface area contributed by atoms with E-state index >= 15 is 0 Å². The van der Waals surface area contributed by atoms with Crippen molar-refractivity contribution in [2.24, 2.45) is 4.99 Å². The van der Waals surface area contributed by atoms with Gasteiger partial charge in [-0.1, -0.05) is 12.1 Å². The molecule has 0 saturated carbocycles. The van der Waals surface area contributed by atoms with Crippen LogP contribution < -0.4 is 15.4 Å². The Kier molecular flexibility index (Phi) is 6.17. The van der Waals surface area contributed by atoms with Gasteiger partial charge in [0.2, 0.25) is 10.0 Å². The van der Waals surface area contributed by atoms with Crippen molar-refractivity contribution in [3.63, 3.8) is 0 Å². The smallest absolute Gasteiger partial charge is 0.240 e. The van der Waals surface area contributed by atoms with Crippen LogP contribution >= 0.6 is 0 Å². The first-order valence-corrected chi connectivity index (χ1v) is 8.70. The van der Waals surface area contributed by atoms with Gasteiger partial charge in [-0.05, 0) is 24.1 Å². The average molecular weight is 326 g/mol. The van der Waals surface area contributed by atoms with Crippen LogP contribution in [-0.2, 0) is 21.3 Å². The van der Waals surface area contributed by atoms with E-state index in [1.807, 2.05) is 6.07 Å². The molecule has 0 aromatic heterocycles. The predicted octanol–water partition coefficient (Wildman–Crippen LogP) is 0.0502. The lowest BCUT2D eigenvalue weighted by atomic mass is 10.2. The Morgan fingerprint density at radius 1 is 1.41 bits per heavy atom. The van der Waals surface area contributed by atoms with E-state index in [0.717, 1.165) is 31.0 Å². The molecule has 0 radical (unpaired) electrons. The first-order valence-electron chi connectivity index (χ1n) is 7.21. The Bertz CT molecular complexity index is 616. The van der Waals surface area contributed by atoms with Crippen LogP contribution in [0.15, 0.2) is 34.2 Å². The fourth-order valence-electron chi connectivity index (χ4n) is 2.02. The summed E-state index contributed by atoms with van der Waals surface area (Å²) in [6.07, 6.45) is 1.03. The lowest BCUT2D eigenvalue weighted by Gasteiger charge is -2.16. The van der Waals surface area contributed by atoms with Crippen molar-refractivity contribution in [2.75, 3.05) is 33.4 Å². The van der Waals surface area contributed by atoms with Crippen molar-refractivity contribution < 1.29 is 13.2 Å². The molecule has 0 spiro atoms. The summed E-state index contributed by atoms with van der Waals surface area (Å²) in [5, 5.41) is 6.34. The number of rotatable bonds is 7. The minimum atomic E-state index is -3.50. The second-order valence-electron chi connectivity index (χ2n) is 4.90. The number of ether oxygens (including phenoxy) is 1.